The molecule has 2 fully saturated rings. The summed E-state index contributed by atoms with van der Waals surface area (Å²) < 4.78 is 0. The number of likely N-dealkylation sites (N-methyl/N-ethyl adjacent to an activating group) is 1. The van der Waals surface area contributed by atoms with Gasteiger partial charge in [-0.15, -0.1) is 0 Å². The van der Waals surface area contributed by atoms with Crippen LogP contribution in [0.1, 0.15) is 108 Å². The Labute approximate surface area is 404 Å². The molecule has 1 aromatic heterocycles. The number of likely N-dealkylation sites (tertiary alicyclic amines) is 1. The second-order valence-electron chi connectivity index (χ2n) is 18.4. The van der Waals surface area contributed by atoms with Gasteiger partial charge in [0.2, 0.25) is 29.5 Å². The molecule has 0 bridgehead atoms. The van der Waals surface area contributed by atoms with Crippen molar-refractivity contribution in [2.24, 2.45) is 17.4 Å². The Bertz CT molecular complexity index is 2200. The standard InChI is InChI=1S/C50H73N11O8/c1-32-37(60-50(69)57-32)20-7-4-8-24-44(63)54-25-13-11-22-39(45(51)64)58-46(65)34(18-15-26-55-49(52)68)30-43(62)40(29-35-31-56-38-21-10-9-19-36(35)38)59-47(66)42-23-12-14-27-61(42)48(67)41(53-2)28-33-16-5-3-6-17-33/h3,5-6,9-10,16-17,19,21,31-32,34,37,39-42,53,56H,4,7-8,11-15,18,20,22-30H2,1-2H3,(H2,51,64)(H,54,63)(H,58,65)(H,59,66)(H3,52,55,68)(H2,57,60,69)/t32-,34-,37?,39+,40+,41+,42+/m1/s1. The zero-order valence-corrected chi connectivity index (χ0v) is 40.1. The fourth-order valence-electron chi connectivity index (χ4n) is 9.29. The number of unbranched alkanes of at least 4 members (excludes halogenated alkanes) is 3. The molecular weight excluding hydrogens is 883 g/mol. The number of urea groups is 2. The molecular formula is C50H73N11O8. The minimum Gasteiger partial charge on any atom is -0.368 e. The Kier molecular flexibility index (Phi) is 21.3. The van der Waals surface area contributed by atoms with E-state index in [4.69, 9.17) is 11.5 Å². The number of rotatable bonds is 29. The van der Waals surface area contributed by atoms with Crippen LogP contribution in [0.5, 0.6) is 0 Å². The molecule has 69 heavy (non-hydrogen) atoms. The lowest BCUT2D eigenvalue weighted by atomic mass is 9.90. The first kappa shape index (κ1) is 53.5. The van der Waals surface area contributed by atoms with Crippen LogP contribution in [0, 0.1) is 5.92 Å². The van der Waals surface area contributed by atoms with Crippen LogP contribution in [0.2, 0.25) is 0 Å². The van der Waals surface area contributed by atoms with Gasteiger partial charge in [-0.2, -0.15) is 0 Å². The number of carbonyl (C=O) groups excluding carboxylic acids is 8. The number of primary amides is 2. The van der Waals surface area contributed by atoms with Gasteiger partial charge in [-0.3, -0.25) is 28.8 Å². The zero-order chi connectivity index (χ0) is 49.7. The highest BCUT2D eigenvalue weighted by Gasteiger charge is 2.38. The summed E-state index contributed by atoms with van der Waals surface area (Å²) in [6.07, 6.45) is 9.12. The van der Waals surface area contributed by atoms with Crippen LogP contribution < -0.4 is 48.7 Å². The number of hydrogen-bond donors (Lipinski definition) is 10. The SMILES string of the molecule is CN[C@@H](Cc1ccccc1)C(=O)N1CCCC[C@H]1C(=O)N[C@@H](Cc1c[nH]c2ccccc12)C(=O)C[C@@H](CCCNC(N)=O)C(=O)N[C@@H](CCCCNC(=O)CCCCCC1NC(=O)N[C@@H]1C)C(N)=O. The normalized spacial score (nSPS) is 18.5. The molecule has 2 aliphatic rings. The first-order valence-electron chi connectivity index (χ1n) is 24.6. The first-order valence-corrected chi connectivity index (χ1v) is 24.6. The van der Waals surface area contributed by atoms with Gasteiger partial charge in [0.25, 0.3) is 0 Å². The molecule has 3 aromatic rings. The number of piperidine rings is 1. The number of Topliss-reactive ketones (excluding diaryl/α,β-unsaturated/α-hetero) is 1. The molecule has 19 nitrogen and oxygen atoms in total. The molecule has 7 atom stereocenters. The van der Waals surface area contributed by atoms with Gasteiger partial charge in [0.05, 0.1) is 18.1 Å². The van der Waals surface area contributed by atoms with Crippen molar-refractivity contribution in [1.82, 2.24) is 47.1 Å². The number of aromatic amines is 1. The summed E-state index contributed by atoms with van der Waals surface area (Å²) in [6, 6.07) is 12.9. The summed E-state index contributed by atoms with van der Waals surface area (Å²) in [5.74, 6) is -3.50. The molecule has 0 aliphatic carbocycles. The summed E-state index contributed by atoms with van der Waals surface area (Å²) >= 11 is 0. The molecule has 376 valence electrons. The number of nitrogens with two attached hydrogens (primary N) is 2. The fourth-order valence-corrected chi connectivity index (χ4v) is 9.29. The summed E-state index contributed by atoms with van der Waals surface area (Å²) in [5.41, 5.74) is 13.7. The van der Waals surface area contributed by atoms with Gasteiger partial charge in [-0.1, -0.05) is 61.4 Å². The summed E-state index contributed by atoms with van der Waals surface area (Å²) in [5, 5.41) is 20.9. The lowest BCUT2D eigenvalue weighted by Gasteiger charge is -2.37. The third-order valence-corrected chi connectivity index (χ3v) is 13.3. The highest BCUT2D eigenvalue weighted by atomic mass is 16.2. The number of carbonyl (C=O) groups is 8. The molecule has 3 heterocycles. The van der Waals surface area contributed by atoms with Gasteiger partial charge in [0.15, 0.2) is 5.78 Å². The van der Waals surface area contributed by atoms with Crippen LogP contribution in [0.15, 0.2) is 60.8 Å². The van der Waals surface area contributed by atoms with E-state index in [9.17, 15) is 38.4 Å². The molecule has 0 radical (unpaired) electrons. The van der Waals surface area contributed by atoms with Gasteiger partial charge in [0, 0.05) is 68.0 Å². The molecule has 12 N–H and O–H groups in total. The fraction of sp³-hybridized carbons (Fsp3) is 0.560. The van der Waals surface area contributed by atoms with Gasteiger partial charge in [-0.05, 0) is 102 Å². The summed E-state index contributed by atoms with van der Waals surface area (Å²) in [7, 11) is 1.72. The summed E-state index contributed by atoms with van der Waals surface area (Å²) in [4.78, 5) is 110. The number of amides is 9. The predicted molar refractivity (Wildman–Crippen MR) is 262 cm³/mol. The molecule has 2 saturated heterocycles. The Balaban J connectivity index is 1.22. The quantitative estimate of drug-likeness (QED) is 0.0457. The number of nitrogens with one attached hydrogen (secondary N) is 8. The molecule has 2 aliphatic heterocycles. The van der Waals surface area contributed by atoms with Crippen LogP contribution >= 0.6 is 0 Å². The average Bonchev–Trinajstić information content (AvgIpc) is 3.90. The lowest BCUT2D eigenvalue weighted by molar-refractivity contribution is -0.144. The van der Waals surface area contributed by atoms with Crippen LogP contribution in [0.4, 0.5) is 9.59 Å². The van der Waals surface area contributed by atoms with E-state index in [-0.39, 0.29) is 68.6 Å². The van der Waals surface area contributed by atoms with E-state index < -0.39 is 59.6 Å². The van der Waals surface area contributed by atoms with Crippen LogP contribution in [0.25, 0.3) is 10.9 Å². The van der Waals surface area contributed by atoms with E-state index in [1.165, 1.54) is 0 Å². The molecule has 2 aromatic carbocycles. The van der Waals surface area contributed by atoms with E-state index in [0.29, 0.717) is 51.6 Å². The van der Waals surface area contributed by atoms with Crippen molar-refractivity contribution in [2.45, 2.75) is 146 Å². The smallest absolute Gasteiger partial charge is 0.315 e. The minimum absolute atomic E-state index is 0.0777. The maximum atomic E-state index is 14.6. The van der Waals surface area contributed by atoms with Crippen molar-refractivity contribution < 1.29 is 38.4 Å². The number of para-hydroxylation sites is 1. The largest absolute Gasteiger partial charge is 0.368 e. The van der Waals surface area contributed by atoms with Crippen molar-refractivity contribution >= 4 is 58.3 Å². The van der Waals surface area contributed by atoms with Gasteiger partial charge >= 0.3 is 12.1 Å². The van der Waals surface area contributed by atoms with Gasteiger partial charge < -0.3 is 58.6 Å². The molecule has 0 saturated carbocycles. The molecule has 5 rings (SSSR count). The number of hydrogen-bond acceptors (Lipinski definition) is 9. The number of fused-ring (bicyclic) bond motifs is 1. The Morgan fingerprint density at radius 1 is 0.783 bits per heavy atom. The molecule has 9 amide bonds. The van der Waals surface area contributed by atoms with E-state index in [0.717, 1.165) is 54.1 Å². The Hall–Kier alpha value is -6.50. The van der Waals surface area contributed by atoms with Crippen LogP contribution in [0.3, 0.4) is 0 Å². The van der Waals surface area contributed by atoms with E-state index in [1.54, 1.807) is 18.1 Å². The van der Waals surface area contributed by atoms with Crippen molar-refractivity contribution in [3.63, 3.8) is 0 Å². The van der Waals surface area contributed by atoms with Crippen LogP contribution in [-0.4, -0.2) is 120 Å². The predicted octanol–water partition coefficient (Wildman–Crippen LogP) is 2.71. The van der Waals surface area contributed by atoms with E-state index in [1.807, 2.05) is 61.5 Å². The van der Waals surface area contributed by atoms with Crippen LogP contribution in [-0.2, 0) is 41.6 Å². The average molecular weight is 956 g/mol. The number of ketones is 1. The van der Waals surface area contributed by atoms with Crippen molar-refractivity contribution in [1.29, 1.82) is 0 Å². The van der Waals surface area contributed by atoms with Gasteiger partial charge in [0.1, 0.15) is 12.1 Å². The lowest BCUT2D eigenvalue weighted by Crippen LogP contribution is -2.58. The Morgan fingerprint density at radius 2 is 1.54 bits per heavy atom. The number of H-pyrrole nitrogens is 1. The summed E-state index contributed by atoms with van der Waals surface area (Å²) in [6.45, 7) is 2.85. The number of nitrogens with zero attached hydrogens (tertiary/aromatic N) is 1. The van der Waals surface area contributed by atoms with E-state index >= 15 is 0 Å². The third kappa shape index (κ3) is 16.9. The second kappa shape index (κ2) is 27.5. The van der Waals surface area contributed by atoms with E-state index in [2.05, 4.69) is 42.2 Å². The third-order valence-electron chi connectivity index (χ3n) is 13.3. The van der Waals surface area contributed by atoms with Crippen molar-refractivity contribution in [3.8, 4) is 0 Å². The number of aromatic nitrogens is 1. The molecule has 19 heteroatoms. The van der Waals surface area contributed by atoms with Crippen molar-refractivity contribution in [2.75, 3.05) is 26.7 Å². The monoisotopic (exact) mass is 956 g/mol. The molecule has 0 spiro atoms. The van der Waals surface area contributed by atoms with Gasteiger partial charge in [-0.25, -0.2) is 9.59 Å². The topological polar surface area (TPSA) is 292 Å². The maximum Gasteiger partial charge on any atom is 0.315 e. The maximum absolute atomic E-state index is 14.6. The number of benzene rings is 2. The minimum atomic E-state index is -1.09. The highest BCUT2D eigenvalue weighted by molar-refractivity contribution is 5.97. The van der Waals surface area contributed by atoms with Crippen molar-refractivity contribution in [3.05, 3.63) is 71.9 Å². The molecule has 1 unspecified atom stereocenters. The second-order valence-corrected chi connectivity index (χ2v) is 18.4. The zero-order valence-electron chi connectivity index (χ0n) is 40.1. The Morgan fingerprint density at radius 3 is 2.26 bits per heavy atom. The first-order chi connectivity index (χ1) is 33.2. The highest BCUT2D eigenvalue weighted by Crippen LogP contribution is 2.24.